The van der Waals surface area contributed by atoms with E-state index in [1.807, 2.05) is 45.0 Å². The lowest BCUT2D eigenvalue weighted by Crippen LogP contribution is -2.02. The van der Waals surface area contributed by atoms with Crippen LogP contribution in [0.15, 0.2) is 48.1 Å². The Morgan fingerprint density at radius 2 is 1.89 bits per heavy atom. The van der Waals surface area contributed by atoms with E-state index in [1.54, 1.807) is 25.2 Å². The molecule has 0 radical (unpaired) electrons. The summed E-state index contributed by atoms with van der Waals surface area (Å²) in [5.74, 6) is 2.42. The van der Waals surface area contributed by atoms with Crippen molar-refractivity contribution in [3.63, 3.8) is 0 Å². The average Bonchev–Trinajstić information content (AvgIpc) is 2.41. The summed E-state index contributed by atoms with van der Waals surface area (Å²) in [6.07, 6.45) is 10.1. The fourth-order valence-electron chi connectivity index (χ4n) is 1.36. The van der Waals surface area contributed by atoms with Crippen molar-refractivity contribution in [3.8, 4) is 12.3 Å². The van der Waals surface area contributed by atoms with Crippen LogP contribution in [0.25, 0.3) is 0 Å². The molecule has 0 aromatic heterocycles. The number of rotatable bonds is 3. The van der Waals surface area contributed by atoms with Crippen LogP contribution in [-0.2, 0) is 0 Å². The highest BCUT2D eigenvalue weighted by Gasteiger charge is 2.08. The van der Waals surface area contributed by atoms with Gasteiger partial charge in [0.25, 0.3) is 0 Å². The molecule has 0 bridgehead atoms. The minimum atomic E-state index is 0.0415. The Bertz CT molecular complexity index is 485. The molecule has 0 heterocycles. The lowest BCUT2D eigenvalue weighted by molar-refractivity contribution is 0.103. The molecule has 0 saturated heterocycles. The van der Waals surface area contributed by atoms with Crippen molar-refractivity contribution in [2.45, 2.75) is 27.7 Å². The van der Waals surface area contributed by atoms with Crippen LogP contribution >= 0.6 is 0 Å². The van der Waals surface area contributed by atoms with Gasteiger partial charge in [-0.2, -0.15) is 0 Å². The highest BCUT2D eigenvalue weighted by molar-refractivity contribution is 6.09. The zero-order chi connectivity index (χ0) is 14.0. The van der Waals surface area contributed by atoms with Crippen molar-refractivity contribution in [1.82, 2.24) is 0 Å². The van der Waals surface area contributed by atoms with E-state index in [0.29, 0.717) is 5.57 Å². The van der Waals surface area contributed by atoms with E-state index in [9.17, 15) is 4.79 Å². The summed E-state index contributed by atoms with van der Waals surface area (Å²) < 4.78 is 0. The smallest absolute Gasteiger partial charge is 0.188 e. The van der Waals surface area contributed by atoms with Gasteiger partial charge in [0.1, 0.15) is 0 Å². The number of benzene rings is 1. The molecule has 1 heteroatoms. The number of carbonyl (C=O) groups is 1. The van der Waals surface area contributed by atoms with Crippen LogP contribution < -0.4 is 0 Å². The Balaban J connectivity index is 0.00000137. The summed E-state index contributed by atoms with van der Waals surface area (Å²) in [6, 6.07) is 7.55. The molecule has 1 aromatic rings. The van der Waals surface area contributed by atoms with Gasteiger partial charge in [0, 0.05) is 5.56 Å². The summed E-state index contributed by atoms with van der Waals surface area (Å²) in [4.78, 5) is 12.0. The molecular formula is C17H20O. The Kier molecular flexibility index (Phi) is 7.98. The molecule has 0 fully saturated rings. The monoisotopic (exact) mass is 240 g/mol. The molecule has 0 N–H and O–H groups in total. The van der Waals surface area contributed by atoms with Gasteiger partial charge in [-0.3, -0.25) is 4.79 Å². The molecule has 0 amide bonds. The van der Waals surface area contributed by atoms with Crippen molar-refractivity contribution >= 4 is 5.78 Å². The van der Waals surface area contributed by atoms with E-state index in [4.69, 9.17) is 6.42 Å². The quantitative estimate of drug-likeness (QED) is 0.332. The third-order valence-electron chi connectivity index (χ3n) is 2.29. The largest absolute Gasteiger partial charge is 0.289 e. The molecule has 0 aliphatic carbocycles. The maximum Gasteiger partial charge on any atom is 0.188 e. The van der Waals surface area contributed by atoms with Gasteiger partial charge in [0.15, 0.2) is 5.78 Å². The second-order valence-corrected chi connectivity index (χ2v) is 3.52. The maximum absolute atomic E-state index is 12.0. The summed E-state index contributed by atoms with van der Waals surface area (Å²) in [6.45, 7) is 7.72. The van der Waals surface area contributed by atoms with Crippen molar-refractivity contribution in [1.29, 1.82) is 0 Å². The molecule has 0 spiro atoms. The first-order valence-corrected chi connectivity index (χ1v) is 6.06. The lowest BCUT2D eigenvalue weighted by atomic mass is 10.00. The maximum atomic E-state index is 12.0. The molecular weight excluding hydrogens is 220 g/mol. The number of Topliss-reactive ketones (excluding diaryl/α,β-unsaturated/α-hetero) is 1. The van der Waals surface area contributed by atoms with E-state index in [1.165, 1.54) is 0 Å². The summed E-state index contributed by atoms with van der Waals surface area (Å²) in [5, 5.41) is 0. The number of carbonyl (C=O) groups excluding carboxylic acids is 1. The number of allylic oxidation sites excluding steroid dienone is 4. The van der Waals surface area contributed by atoms with Gasteiger partial charge in [0.05, 0.1) is 0 Å². The second-order valence-electron chi connectivity index (χ2n) is 3.52. The summed E-state index contributed by atoms with van der Waals surface area (Å²) >= 11 is 0. The zero-order valence-electron chi connectivity index (χ0n) is 11.5. The number of terminal acetylenes is 1. The van der Waals surface area contributed by atoms with Crippen LogP contribution in [0, 0.1) is 19.3 Å². The van der Waals surface area contributed by atoms with Crippen molar-refractivity contribution < 1.29 is 4.79 Å². The fraction of sp³-hybridized carbons (Fsp3) is 0.235. The zero-order valence-corrected chi connectivity index (χ0v) is 11.5. The van der Waals surface area contributed by atoms with Crippen LogP contribution in [0.3, 0.4) is 0 Å². The molecule has 0 unspecified atom stereocenters. The van der Waals surface area contributed by atoms with E-state index in [2.05, 4.69) is 5.92 Å². The van der Waals surface area contributed by atoms with Gasteiger partial charge in [-0.25, -0.2) is 0 Å². The van der Waals surface area contributed by atoms with E-state index >= 15 is 0 Å². The minimum Gasteiger partial charge on any atom is -0.289 e. The molecule has 0 aliphatic heterocycles. The van der Waals surface area contributed by atoms with Gasteiger partial charge in [-0.05, 0) is 31.1 Å². The van der Waals surface area contributed by atoms with Gasteiger partial charge in [-0.15, -0.1) is 6.42 Å². The van der Waals surface area contributed by atoms with Gasteiger partial charge in [-0.1, -0.05) is 56.2 Å². The van der Waals surface area contributed by atoms with Crippen molar-refractivity contribution in [2.24, 2.45) is 0 Å². The number of ketones is 1. The predicted molar refractivity (Wildman–Crippen MR) is 78.6 cm³/mol. The van der Waals surface area contributed by atoms with Crippen LogP contribution in [0.4, 0.5) is 0 Å². The first kappa shape index (κ1) is 15.9. The predicted octanol–water partition coefficient (Wildman–Crippen LogP) is 4.34. The SMILES string of the molecule is C#C/C=C\C=C(/C)C(=O)c1ccccc1C.CC. The summed E-state index contributed by atoms with van der Waals surface area (Å²) in [7, 11) is 0. The van der Waals surface area contributed by atoms with Gasteiger partial charge < -0.3 is 0 Å². The Hall–Kier alpha value is -2.07. The second kappa shape index (κ2) is 9.01. The van der Waals surface area contributed by atoms with Crippen molar-refractivity contribution in [3.05, 3.63) is 59.2 Å². The Morgan fingerprint density at radius 1 is 1.28 bits per heavy atom. The molecule has 1 aromatic carbocycles. The van der Waals surface area contributed by atoms with Crippen LogP contribution in [-0.4, -0.2) is 5.78 Å². The van der Waals surface area contributed by atoms with Crippen LogP contribution in [0.5, 0.6) is 0 Å². The van der Waals surface area contributed by atoms with E-state index in [0.717, 1.165) is 11.1 Å². The standard InChI is InChI=1S/C15H14O.C2H6/c1-4-5-6-10-13(3)15(16)14-11-8-7-9-12(14)2;1-2/h1,5-11H,2-3H3;1-2H3/b6-5-,13-10+;. The highest BCUT2D eigenvalue weighted by Crippen LogP contribution is 2.12. The molecule has 1 rings (SSSR count). The average molecular weight is 240 g/mol. The normalized spacial score (nSPS) is 10.5. The third kappa shape index (κ3) is 4.84. The highest BCUT2D eigenvalue weighted by atomic mass is 16.1. The molecule has 94 valence electrons. The van der Waals surface area contributed by atoms with Gasteiger partial charge >= 0.3 is 0 Å². The van der Waals surface area contributed by atoms with E-state index < -0.39 is 0 Å². The first-order valence-electron chi connectivity index (χ1n) is 6.06. The van der Waals surface area contributed by atoms with Crippen LogP contribution in [0.1, 0.15) is 36.7 Å². The van der Waals surface area contributed by atoms with E-state index in [-0.39, 0.29) is 5.78 Å². The molecule has 0 aliphatic rings. The Morgan fingerprint density at radius 3 is 2.44 bits per heavy atom. The molecule has 18 heavy (non-hydrogen) atoms. The molecule has 1 nitrogen and oxygen atoms in total. The van der Waals surface area contributed by atoms with Crippen molar-refractivity contribution in [2.75, 3.05) is 0 Å². The minimum absolute atomic E-state index is 0.0415. The number of hydrogen-bond acceptors (Lipinski definition) is 1. The Labute approximate surface area is 110 Å². The third-order valence-corrected chi connectivity index (χ3v) is 2.29. The fourth-order valence-corrected chi connectivity index (χ4v) is 1.36. The van der Waals surface area contributed by atoms with Crippen LogP contribution in [0.2, 0.25) is 0 Å². The first-order chi connectivity index (χ1) is 8.66. The van der Waals surface area contributed by atoms with Gasteiger partial charge in [0.2, 0.25) is 0 Å². The lowest BCUT2D eigenvalue weighted by Gasteiger charge is -2.03. The molecule has 0 saturated carbocycles. The summed E-state index contributed by atoms with van der Waals surface area (Å²) in [5.41, 5.74) is 2.41. The number of hydrogen-bond donors (Lipinski definition) is 0. The molecule has 0 atom stereocenters. The number of aryl methyl sites for hydroxylation is 1. The topological polar surface area (TPSA) is 17.1 Å².